The molecule has 9 N–H and O–H groups in total. The second-order valence-corrected chi connectivity index (χ2v) is 25.7. The average Bonchev–Trinajstić information content (AvgIpc) is 1.04. The minimum atomic E-state index is -1.79. The second-order valence-electron chi connectivity index (χ2n) is 25.7. The van der Waals surface area contributed by atoms with E-state index in [0.29, 0.717) is 12.8 Å². The molecule has 0 radical (unpaired) electrons. The third kappa shape index (κ3) is 43.2. The summed E-state index contributed by atoms with van der Waals surface area (Å²) >= 11 is 0. The fourth-order valence-corrected chi connectivity index (χ4v) is 11.7. The summed E-state index contributed by atoms with van der Waals surface area (Å²) in [6.45, 7) is 2.67. The van der Waals surface area contributed by atoms with Gasteiger partial charge in [-0.1, -0.05) is 292 Å². The highest BCUT2D eigenvalue weighted by Gasteiger charge is 2.51. The Morgan fingerprint density at radius 3 is 1.22 bits per heavy atom. The molecular weight excluding hydrogens is 1130 g/mol. The summed E-state index contributed by atoms with van der Waals surface area (Å²) in [6.07, 6.45) is 66.7. The van der Waals surface area contributed by atoms with E-state index in [9.17, 15) is 45.6 Å². The molecule has 12 unspecified atom stereocenters. The highest BCUT2D eigenvalue weighted by atomic mass is 16.7. The van der Waals surface area contributed by atoms with Gasteiger partial charge in [-0.15, -0.1) is 0 Å². The normalized spacial score (nSPS) is 23.4. The first-order valence-corrected chi connectivity index (χ1v) is 36.8. The van der Waals surface area contributed by atoms with Crippen LogP contribution in [-0.2, 0) is 23.7 Å². The number of hydrogen-bond acceptors (Lipinski definition) is 13. The summed E-state index contributed by atoms with van der Waals surface area (Å²) in [4.78, 5) is 13.3. The average molecular weight is 1270 g/mol. The number of carbonyl (C=O) groups is 1. The number of unbranched alkanes of at least 4 members (excludes halogenated alkanes) is 35. The number of nitrogens with one attached hydrogen (secondary N) is 1. The van der Waals surface area contributed by atoms with Gasteiger partial charge < -0.3 is 65.1 Å². The Balaban J connectivity index is 1.58. The number of rotatable bonds is 60. The molecule has 2 saturated heterocycles. The Morgan fingerprint density at radius 1 is 0.411 bits per heavy atom. The van der Waals surface area contributed by atoms with Crippen molar-refractivity contribution in [3.8, 4) is 0 Å². The second kappa shape index (κ2) is 59.9. The van der Waals surface area contributed by atoms with Gasteiger partial charge in [-0.3, -0.25) is 4.79 Å². The van der Waals surface area contributed by atoms with Gasteiger partial charge in [-0.25, -0.2) is 0 Å². The van der Waals surface area contributed by atoms with Gasteiger partial charge in [-0.2, -0.15) is 0 Å². The molecule has 0 spiro atoms. The Hall–Kier alpha value is -2.83. The summed E-state index contributed by atoms with van der Waals surface area (Å²) in [5.41, 5.74) is 0. The highest BCUT2D eigenvalue weighted by molar-refractivity contribution is 5.76. The molecule has 2 aliphatic rings. The highest BCUT2D eigenvalue weighted by Crippen LogP contribution is 2.30. The smallest absolute Gasteiger partial charge is 0.220 e. The minimum Gasteiger partial charge on any atom is -0.394 e. The van der Waals surface area contributed by atoms with Crippen molar-refractivity contribution in [2.45, 2.75) is 370 Å². The zero-order valence-electron chi connectivity index (χ0n) is 56.9. The monoisotopic (exact) mass is 1270 g/mol. The van der Waals surface area contributed by atoms with Crippen molar-refractivity contribution >= 4 is 5.91 Å². The van der Waals surface area contributed by atoms with Gasteiger partial charge in [0, 0.05) is 6.42 Å². The van der Waals surface area contributed by atoms with Gasteiger partial charge in [0.05, 0.1) is 32.0 Å². The first kappa shape index (κ1) is 83.3. The van der Waals surface area contributed by atoms with Crippen LogP contribution in [0, 0.1) is 0 Å². The molecule has 2 rings (SSSR count). The van der Waals surface area contributed by atoms with Crippen LogP contribution < -0.4 is 5.32 Å². The molecule has 90 heavy (non-hydrogen) atoms. The van der Waals surface area contributed by atoms with Gasteiger partial charge in [0.2, 0.25) is 5.91 Å². The summed E-state index contributed by atoms with van der Waals surface area (Å²) in [7, 11) is 0. The first-order chi connectivity index (χ1) is 44.1. The quantitative estimate of drug-likeness (QED) is 0.0204. The molecule has 0 saturated carbocycles. The van der Waals surface area contributed by atoms with Crippen LogP contribution >= 0.6 is 0 Å². The SMILES string of the molecule is CC/C=C\C/C=C\C/C=C\C/C=C\CCCCCCCCCCCCCCCCCCCCCCCCCCCCC(=O)NC(COC1OC(CO)C(OC2OC(CO)C(O)C(O)C2O)C(O)C1O)C(O)/C=C/CC/C=C/CC/C=C/CCCCCCCCC. The molecule has 1 amide bonds. The van der Waals surface area contributed by atoms with Crippen LogP contribution in [0.2, 0.25) is 0 Å². The van der Waals surface area contributed by atoms with E-state index in [1.165, 1.54) is 193 Å². The molecule has 0 aromatic rings. The fraction of sp³-hybridized carbons (Fsp3) is 0.803. The van der Waals surface area contributed by atoms with E-state index in [4.69, 9.17) is 18.9 Å². The number of carbonyl (C=O) groups excluding carboxylic acids is 1. The molecule has 2 heterocycles. The molecule has 14 heteroatoms. The van der Waals surface area contributed by atoms with Gasteiger partial charge in [0.15, 0.2) is 12.6 Å². The van der Waals surface area contributed by atoms with E-state index < -0.39 is 86.8 Å². The molecule has 2 aliphatic heterocycles. The number of aliphatic hydroxyl groups is 8. The van der Waals surface area contributed by atoms with E-state index >= 15 is 0 Å². The Labute approximate surface area is 548 Å². The fourth-order valence-electron chi connectivity index (χ4n) is 11.7. The van der Waals surface area contributed by atoms with Crippen molar-refractivity contribution in [1.29, 1.82) is 0 Å². The van der Waals surface area contributed by atoms with Crippen molar-refractivity contribution in [2.24, 2.45) is 0 Å². The van der Waals surface area contributed by atoms with E-state index in [1.54, 1.807) is 6.08 Å². The van der Waals surface area contributed by atoms with Crippen molar-refractivity contribution in [2.75, 3.05) is 19.8 Å². The third-order valence-electron chi connectivity index (χ3n) is 17.5. The third-order valence-corrected chi connectivity index (χ3v) is 17.5. The number of ether oxygens (including phenoxy) is 4. The number of allylic oxidation sites excluding steroid dienone is 13. The minimum absolute atomic E-state index is 0.250. The van der Waals surface area contributed by atoms with Gasteiger partial charge >= 0.3 is 0 Å². The van der Waals surface area contributed by atoms with Crippen molar-refractivity contribution in [1.82, 2.24) is 5.32 Å². The summed E-state index contributed by atoms with van der Waals surface area (Å²) in [5.74, 6) is -0.250. The van der Waals surface area contributed by atoms with E-state index in [2.05, 4.69) is 92.1 Å². The van der Waals surface area contributed by atoms with E-state index in [0.717, 1.165) is 70.6 Å². The summed E-state index contributed by atoms with van der Waals surface area (Å²) in [6, 6.07) is -0.940. The predicted octanol–water partition coefficient (Wildman–Crippen LogP) is 15.6. The van der Waals surface area contributed by atoms with Gasteiger partial charge in [-0.05, 0) is 83.5 Å². The lowest BCUT2D eigenvalue weighted by Gasteiger charge is -2.46. The molecule has 2 fully saturated rings. The molecule has 12 atom stereocenters. The molecular formula is C76H135NO13. The zero-order chi connectivity index (χ0) is 65.2. The van der Waals surface area contributed by atoms with Crippen LogP contribution in [0.25, 0.3) is 0 Å². The van der Waals surface area contributed by atoms with Crippen LogP contribution in [0.4, 0.5) is 0 Å². The van der Waals surface area contributed by atoms with Crippen LogP contribution in [0.1, 0.15) is 296 Å². The molecule has 0 aromatic carbocycles. The summed E-state index contributed by atoms with van der Waals surface area (Å²) < 4.78 is 22.8. The maximum absolute atomic E-state index is 13.3. The van der Waals surface area contributed by atoms with E-state index in [1.807, 2.05) is 6.08 Å². The van der Waals surface area contributed by atoms with Crippen molar-refractivity contribution in [3.63, 3.8) is 0 Å². The zero-order valence-corrected chi connectivity index (χ0v) is 56.9. The standard InChI is InChI=1S/C76H135NO13/c1-3-5-7-9-11-13-15-17-19-21-22-23-24-25-26-27-28-29-30-31-32-33-34-35-36-37-38-39-40-41-42-44-46-48-50-52-54-56-58-60-68(81)77-64(65(80)59-57-55-53-51-49-47-45-43-20-18-16-14-12-10-8-6-4-2)63-87-75-73(86)71(84)74(67(62-79)89-75)90-76-72(85)70(83)69(82)66(61-78)88-76/h5,7,11,13,17,19-20,22-23,43,49,51,57,59,64-67,69-76,78-80,82-86H,3-4,6,8-10,12,14-16,18,21,24-42,44-48,50,52-56,58,60-63H2,1-2H3,(H,77,81)/b7-5-,13-11-,19-17-,23-22-,43-20+,51-49+,59-57+. The topological polar surface area (TPSA) is 228 Å². The Bertz CT molecular complexity index is 1830. The lowest BCUT2D eigenvalue weighted by Crippen LogP contribution is -2.65. The molecule has 0 aromatic heterocycles. The Kier molecular flexibility index (Phi) is 55.4. The molecule has 522 valence electrons. The van der Waals surface area contributed by atoms with Crippen LogP contribution in [0.5, 0.6) is 0 Å². The van der Waals surface area contributed by atoms with Crippen LogP contribution in [0.15, 0.2) is 85.1 Å². The van der Waals surface area contributed by atoms with Crippen LogP contribution in [-0.4, -0.2) is 140 Å². The van der Waals surface area contributed by atoms with Crippen molar-refractivity contribution in [3.05, 3.63) is 85.1 Å². The molecule has 0 bridgehead atoms. The maximum atomic E-state index is 13.3. The lowest BCUT2D eigenvalue weighted by molar-refractivity contribution is -0.359. The number of aliphatic hydroxyl groups excluding tert-OH is 8. The predicted molar refractivity (Wildman–Crippen MR) is 369 cm³/mol. The first-order valence-electron chi connectivity index (χ1n) is 36.8. The van der Waals surface area contributed by atoms with E-state index in [-0.39, 0.29) is 18.9 Å². The largest absolute Gasteiger partial charge is 0.394 e. The molecule has 14 nitrogen and oxygen atoms in total. The number of amides is 1. The van der Waals surface area contributed by atoms with Gasteiger partial charge in [0.25, 0.3) is 0 Å². The van der Waals surface area contributed by atoms with Crippen molar-refractivity contribution < 1.29 is 64.6 Å². The van der Waals surface area contributed by atoms with Gasteiger partial charge in [0.1, 0.15) is 48.8 Å². The summed E-state index contributed by atoms with van der Waals surface area (Å²) in [5, 5.41) is 87.3. The Morgan fingerprint density at radius 2 is 0.778 bits per heavy atom. The maximum Gasteiger partial charge on any atom is 0.220 e. The van der Waals surface area contributed by atoms with Crippen LogP contribution in [0.3, 0.4) is 0 Å². The lowest BCUT2D eigenvalue weighted by atomic mass is 9.97. The molecule has 0 aliphatic carbocycles. The number of hydrogen-bond donors (Lipinski definition) is 9.